The molecule has 0 aliphatic rings. The molecule has 5 heteroatoms. The second kappa shape index (κ2) is 5.14. The topological polar surface area (TPSA) is 83.8 Å². The Labute approximate surface area is 112 Å². The number of carbonyl (C=O) groups is 1. The molecule has 1 unspecified atom stereocenters. The summed E-state index contributed by atoms with van der Waals surface area (Å²) in [5.74, 6) is 0.0199. The SMILES string of the molecule is Cc1ccccc1C(C)NC(=O)c1c(N)n[nH]c1C. The van der Waals surface area contributed by atoms with Crippen LogP contribution in [0.2, 0.25) is 0 Å². The monoisotopic (exact) mass is 258 g/mol. The first-order chi connectivity index (χ1) is 9.00. The first-order valence-electron chi connectivity index (χ1n) is 6.17. The van der Waals surface area contributed by atoms with Gasteiger partial charge in [-0.25, -0.2) is 0 Å². The van der Waals surface area contributed by atoms with Crippen LogP contribution >= 0.6 is 0 Å². The minimum absolute atomic E-state index is 0.0811. The van der Waals surface area contributed by atoms with Gasteiger partial charge in [0.2, 0.25) is 0 Å². The molecule has 0 fully saturated rings. The van der Waals surface area contributed by atoms with Crippen LogP contribution in [0.25, 0.3) is 0 Å². The highest BCUT2D eigenvalue weighted by atomic mass is 16.1. The fourth-order valence-electron chi connectivity index (χ4n) is 2.15. The summed E-state index contributed by atoms with van der Waals surface area (Å²) in [6.07, 6.45) is 0. The van der Waals surface area contributed by atoms with E-state index in [2.05, 4.69) is 15.5 Å². The zero-order chi connectivity index (χ0) is 14.0. The van der Waals surface area contributed by atoms with E-state index in [1.807, 2.05) is 38.1 Å². The molecule has 1 heterocycles. The molecule has 0 saturated heterocycles. The highest BCUT2D eigenvalue weighted by Crippen LogP contribution is 2.19. The maximum absolute atomic E-state index is 12.2. The van der Waals surface area contributed by atoms with Crippen LogP contribution < -0.4 is 11.1 Å². The summed E-state index contributed by atoms with van der Waals surface area (Å²) in [7, 11) is 0. The molecule has 0 saturated carbocycles. The van der Waals surface area contributed by atoms with Crippen LogP contribution in [0.5, 0.6) is 0 Å². The van der Waals surface area contributed by atoms with Crippen LogP contribution in [-0.4, -0.2) is 16.1 Å². The number of nitrogens with two attached hydrogens (primary N) is 1. The van der Waals surface area contributed by atoms with Gasteiger partial charge in [-0.1, -0.05) is 24.3 Å². The van der Waals surface area contributed by atoms with Crippen molar-refractivity contribution in [2.24, 2.45) is 0 Å². The summed E-state index contributed by atoms with van der Waals surface area (Å²) in [6.45, 7) is 5.75. The minimum Gasteiger partial charge on any atom is -0.382 e. The number of nitrogens with zero attached hydrogens (tertiary/aromatic N) is 1. The van der Waals surface area contributed by atoms with E-state index in [-0.39, 0.29) is 17.8 Å². The highest BCUT2D eigenvalue weighted by Gasteiger charge is 2.18. The summed E-state index contributed by atoms with van der Waals surface area (Å²) in [5, 5.41) is 9.48. The average molecular weight is 258 g/mol. The summed E-state index contributed by atoms with van der Waals surface area (Å²) >= 11 is 0. The van der Waals surface area contributed by atoms with Crippen molar-refractivity contribution >= 4 is 11.7 Å². The predicted octanol–water partition coefficient (Wildman–Crippen LogP) is 2.10. The van der Waals surface area contributed by atoms with Gasteiger partial charge in [-0.3, -0.25) is 9.89 Å². The van der Waals surface area contributed by atoms with Crippen LogP contribution in [0.3, 0.4) is 0 Å². The van der Waals surface area contributed by atoms with Gasteiger partial charge in [-0.15, -0.1) is 0 Å². The Morgan fingerprint density at radius 2 is 2.05 bits per heavy atom. The lowest BCUT2D eigenvalue weighted by Crippen LogP contribution is -2.28. The lowest BCUT2D eigenvalue weighted by molar-refractivity contribution is 0.0940. The Hall–Kier alpha value is -2.30. The molecule has 2 aromatic rings. The minimum atomic E-state index is -0.209. The summed E-state index contributed by atoms with van der Waals surface area (Å²) in [4.78, 5) is 12.2. The number of anilines is 1. The van der Waals surface area contributed by atoms with E-state index >= 15 is 0 Å². The molecule has 0 aliphatic heterocycles. The van der Waals surface area contributed by atoms with Crippen molar-refractivity contribution in [3.63, 3.8) is 0 Å². The number of hydrogen-bond donors (Lipinski definition) is 3. The zero-order valence-electron chi connectivity index (χ0n) is 11.3. The van der Waals surface area contributed by atoms with E-state index in [9.17, 15) is 4.79 Å². The highest BCUT2D eigenvalue weighted by molar-refractivity contribution is 5.99. The number of aromatic nitrogens is 2. The second-order valence-corrected chi connectivity index (χ2v) is 4.66. The molecule has 19 heavy (non-hydrogen) atoms. The van der Waals surface area contributed by atoms with Gasteiger partial charge in [0.15, 0.2) is 5.82 Å². The molecule has 100 valence electrons. The van der Waals surface area contributed by atoms with Gasteiger partial charge in [0.25, 0.3) is 5.91 Å². The normalized spacial score (nSPS) is 12.2. The standard InChI is InChI=1S/C14H18N4O/c1-8-6-4-5-7-11(8)9(2)16-14(19)12-10(3)17-18-13(12)15/h4-7,9H,1-3H3,(H,16,19)(H3,15,17,18). The Kier molecular flexibility index (Phi) is 3.55. The van der Waals surface area contributed by atoms with E-state index in [1.54, 1.807) is 6.92 Å². The van der Waals surface area contributed by atoms with Crippen LogP contribution in [-0.2, 0) is 0 Å². The molecule has 1 atom stereocenters. The van der Waals surface area contributed by atoms with E-state index in [0.717, 1.165) is 11.1 Å². The Balaban J connectivity index is 2.18. The number of hydrogen-bond acceptors (Lipinski definition) is 3. The average Bonchev–Trinajstić information content (AvgIpc) is 2.69. The number of benzene rings is 1. The van der Waals surface area contributed by atoms with Gasteiger partial charge < -0.3 is 11.1 Å². The zero-order valence-corrected chi connectivity index (χ0v) is 11.3. The molecule has 0 bridgehead atoms. The molecule has 1 aromatic carbocycles. The molecular weight excluding hydrogens is 240 g/mol. The van der Waals surface area contributed by atoms with Crippen molar-refractivity contribution in [3.8, 4) is 0 Å². The van der Waals surface area contributed by atoms with Crippen molar-refractivity contribution in [2.45, 2.75) is 26.8 Å². The third-order valence-electron chi connectivity index (χ3n) is 3.20. The Bertz CT molecular complexity index is 584. The van der Waals surface area contributed by atoms with Crippen molar-refractivity contribution in [3.05, 3.63) is 46.6 Å². The third kappa shape index (κ3) is 2.59. The molecule has 0 radical (unpaired) electrons. The number of aromatic amines is 1. The van der Waals surface area contributed by atoms with Gasteiger partial charge in [0.05, 0.1) is 6.04 Å². The first-order valence-corrected chi connectivity index (χ1v) is 6.17. The largest absolute Gasteiger partial charge is 0.382 e. The quantitative estimate of drug-likeness (QED) is 0.788. The van der Waals surface area contributed by atoms with E-state index in [4.69, 9.17) is 5.73 Å². The van der Waals surface area contributed by atoms with Crippen molar-refractivity contribution in [1.29, 1.82) is 0 Å². The van der Waals surface area contributed by atoms with Crippen molar-refractivity contribution in [2.75, 3.05) is 5.73 Å². The molecule has 2 rings (SSSR count). The number of carbonyl (C=O) groups excluding carboxylic acids is 1. The van der Waals surface area contributed by atoms with E-state index in [1.165, 1.54) is 0 Å². The number of nitrogen functional groups attached to an aromatic ring is 1. The fraction of sp³-hybridized carbons (Fsp3) is 0.286. The van der Waals surface area contributed by atoms with Crippen LogP contribution in [0.1, 0.15) is 40.1 Å². The van der Waals surface area contributed by atoms with Crippen molar-refractivity contribution < 1.29 is 4.79 Å². The predicted molar refractivity (Wildman–Crippen MR) is 74.8 cm³/mol. The summed E-state index contributed by atoms with van der Waals surface area (Å²) in [5.41, 5.74) is 9.01. The molecule has 4 N–H and O–H groups in total. The maximum Gasteiger partial charge on any atom is 0.257 e. The summed E-state index contributed by atoms with van der Waals surface area (Å²) in [6, 6.07) is 7.89. The second-order valence-electron chi connectivity index (χ2n) is 4.66. The number of amides is 1. The van der Waals surface area contributed by atoms with Crippen LogP contribution in [0, 0.1) is 13.8 Å². The van der Waals surface area contributed by atoms with Crippen LogP contribution in [0.15, 0.2) is 24.3 Å². The third-order valence-corrected chi connectivity index (χ3v) is 3.20. The van der Waals surface area contributed by atoms with E-state index < -0.39 is 0 Å². The molecule has 5 nitrogen and oxygen atoms in total. The molecule has 0 aliphatic carbocycles. The van der Waals surface area contributed by atoms with Gasteiger partial charge in [-0.2, -0.15) is 5.10 Å². The number of nitrogens with one attached hydrogen (secondary N) is 2. The smallest absolute Gasteiger partial charge is 0.257 e. The lowest BCUT2D eigenvalue weighted by Gasteiger charge is -2.16. The Morgan fingerprint density at radius 3 is 2.63 bits per heavy atom. The first kappa shape index (κ1) is 13.1. The number of aryl methyl sites for hydroxylation is 2. The molecule has 1 aromatic heterocycles. The van der Waals surface area contributed by atoms with Gasteiger partial charge in [-0.05, 0) is 31.9 Å². The molecular formula is C14H18N4O. The maximum atomic E-state index is 12.2. The van der Waals surface area contributed by atoms with Gasteiger partial charge in [0.1, 0.15) is 5.56 Å². The number of H-pyrrole nitrogens is 1. The van der Waals surface area contributed by atoms with Crippen LogP contribution in [0.4, 0.5) is 5.82 Å². The van der Waals surface area contributed by atoms with Gasteiger partial charge in [0, 0.05) is 5.69 Å². The molecule has 1 amide bonds. The van der Waals surface area contributed by atoms with Gasteiger partial charge >= 0.3 is 0 Å². The summed E-state index contributed by atoms with van der Waals surface area (Å²) < 4.78 is 0. The van der Waals surface area contributed by atoms with E-state index in [0.29, 0.717) is 11.3 Å². The van der Waals surface area contributed by atoms with Crippen molar-refractivity contribution in [1.82, 2.24) is 15.5 Å². The Morgan fingerprint density at radius 1 is 1.37 bits per heavy atom. The lowest BCUT2D eigenvalue weighted by atomic mass is 10.0. The number of rotatable bonds is 3. The molecule has 0 spiro atoms. The fourth-order valence-corrected chi connectivity index (χ4v) is 2.15.